The number of ketones is 2. The van der Waals surface area contributed by atoms with E-state index in [-0.39, 0.29) is 91.5 Å². The van der Waals surface area contributed by atoms with Gasteiger partial charge in [-0.3, -0.25) is 43.2 Å². The van der Waals surface area contributed by atoms with Gasteiger partial charge in [-0.05, 0) is 202 Å². The number of fused-ring (bicyclic) bond motifs is 2. The maximum atomic E-state index is 12.2. The molecule has 0 aromatic heterocycles. The first kappa shape index (κ1) is 121. The molecule has 2 unspecified atom stereocenters. The first-order valence-corrected chi connectivity index (χ1v) is 49.5. The highest BCUT2D eigenvalue weighted by Crippen LogP contribution is 2.48. The number of hydrogen-bond acceptors (Lipinski definition) is 21. The fourth-order valence-electron chi connectivity index (χ4n) is 16.4. The Kier molecular flexibility index (Phi) is 58.1. The van der Waals surface area contributed by atoms with E-state index < -0.39 is 119 Å². The van der Waals surface area contributed by atoms with Gasteiger partial charge in [-0.15, -0.1) is 12.6 Å². The van der Waals surface area contributed by atoms with Gasteiger partial charge >= 0.3 is 70.4 Å². The summed E-state index contributed by atoms with van der Waals surface area (Å²) in [4.78, 5) is 175. The molecule has 0 fully saturated rings. The quantitative estimate of drug-likeness (QED) is 0.0184. The summed E-state index contributed by atoms with van der Waals surface area (Å²) >= 11 is 0. The van der Waals surface area contributed by atoms with Crippen LogP contribution in [0, 0.1) is 11.8 Å². The number of ether oxygens (including phenoxy) is 1. The largest absolute Gasteiger partial charge is 0.481 e. The van der Waals surface area contributed by atoms with Crippen LogP contribution in [0.25, 0.3) is 0 Å². The third kappa shape index (κ3) is 48.1. The van der Waals surface area contributed by atoms with Crippen LogP contribution in [0.2, 0.25) is 0 Å². The van der Waals surface area contributed by atoms with Gasteiger partial charge in [0, 0.05) is 125 Å². The van der Waals surface area contributed by atoms with E-state index >= 15 is 0 Å². The Balaban J connectivity index is 0.000000527. The van der Waals surface area contributed by atoms with Crippen molar-refractivity contribution in [3.63, 3.8) is 0 Å². The maximum Gasteiger partial charge on any atom is 0.425 e. The summed E-state index contributed by atoms with van der Waals surface area (Å²) in [6.45, 7) is 19.1. The number of Topliss-reactive ketones (excluding diaryl/α,β-unsaturated/α-hetero) is 2. The molecule has 0 saturated heterocycles. The average Bonchev–Trinajstić information content (AvgIpc) is 1.60. The Bertz CT molecular complexity index is 4790. The zero-order valence-electron chi connectivity index (χ0n) is 81.6. The molecule has 6 rings (SSSR count). The lowest BCUT2D eigenvalue weighted by Crippen LogP contribution is -2.51. The van der Waals surface area contributed by atoms with Crippen molar-refractivity contribution in [2.45, 2.75) is 327 Å². The van der Waals surface area contributed by atoms with Crippen LogP contribution < -0.4 is 52.6 Å². The second-order valence-electron chi connectivity index (χ2n) is 35.9. The first-order valence-electron chi connectivity index (χ1n) is 48.5. The number of unbranched alkanes of at least 4 members (excludes halogenated alkanes) is 13. The topological polar surface area (TPSA) is 595 Å². The number of hydrogen-bond donors (Lipinski definition) is 16. The maximum absolute atomic E-state index is 12.2. The number of nitrogens with zero attached hydrogens (tertiary/aromatic N) is 2. The molecule has 38 heteroatoms. The fraction of sp³-hybridized carbons (Fsp3) is 0.584. The van der Waals surface area contributed by atoms with Crippen molar-refractivity contribution in [2.75, 3.05) is 44.2 Å². The summed E-state index contributed by atoms with van der Waals surface area (Å²) in [7, 11) is -3.11. The molecule has 0 bridgehead atoms. The summed E-state index contributed by atoms with van der Waals surface area (Å²) in [6.07, 6.45) is 28.6. The van der Waals surface area contributed by atoms with E-state index in [1.54, 1.807) is 0 Å². The Morgan fingerprint density at radius 2 is 0.885 bits per heavy atom. The molecule has 0 spiro atoms. The molecule has 2 heterocycles. The number of urea groups is 2. The highest BCUT2D eigenvalue weighted by atomic mass is 32.2. The number of carbonyl (C=O) groups excluding carboxylic acids is 7. The lowest BCUT2D eigenvalue weighted by molar-refractivity contribution is -0.438. The normalized spacial score (nSPS) is 15.0. The molecule has 770 valence electrons. The van der Waals surface area contributed by atoms with Crippen LogP contribution in [0.4, 0.5) is 21.0 Å². The number of benzene rings is 3. The number of allylic oxidation sites excluding steroid dienone is 7. The summed E-state index contributed by atoms with van der Waals surface area (Å²) in [5.41, 5.74) is 16.1. The van der Waals surface area contributed by atoms with Crippen LogP contribution >= 0.6 is 0 Å². The predicted molar refractivity (Wildman–Crippen MR) is 522 cm³/mol. The zero-order valence-corrected chi connectivity index (χ0v) is 82.4. The molecule has 1 aliphatic carbocycles. The Morgan fingerprint density at radius 3 is 1.34 bits per heavy atom. The van der Waals surface area contributed by atoms with Crippen LogP contribution in [0.1, 0.15) is 304 Å². The number of rotatable bonds is 65. The first-order chi connectivity index (χ1) is 66.1. The van der Waals surface area contributed by atoms with E-state index in [0.29, 0.717) is 122 Å². The number of aliphatic carboxylic acids is 8. The number of anilines is 1. The van der Waals surface area contributed by atoms with Gasteiger partial charge in [0.1, 0.15) is 53.8 Å². The zero-order chi connectivity index (χ0) is 103. The third-order valence-electron chi connectivity index (χ3n) is 24.1. The second-order valence-corrected chi connectivity index (χ2v) is 36.3. The molecule has 139 heavy (non-hydrogen) atoms. The molecular weight excluding hydrogens is 1820 g/mol. The standard InChI is InChI=1S/C45H55N2O.C29H48N4O12.C27H46N4O11.O3S/c1-7-9-18-33-47-40-27-17-15-25-38(40)45(5,6)42(47)31-29-35-21-19-20-34(43(35)48-36-22-12-11-13-23-36)28-30-41-44(3,4)37-24-14-16-26-39(37)46(41)32-10-8-2;1-19(34)30-16-8-6-10-20(26(39)40)18-21(35)11-4-2-3-5-13-24(36)31-17-9-7-12-22(27(41)42)32-29(45)33-23(28(43)44)14-15-25(37)38;28-15-7-5-9-18(24(36)37)17-19(32)10-3-1-2-4-12-22(33)29-16-8-6-11-20(25(38)39)30-27(42)31-21(26(40)41)13-14-23(34)35;1-4(2)3/h11-17,22-31H,7-10,18-21,32-33H2,1-6H3;20,22-23H,2-18H2,1H3,(H,30,34)(H,31,36)(H,37,38)(H,39,40)(H,41,42)(H,43,44)(H2,32,33,45);18,20-21H,1-17,28H2,(H,29,33)(H,34,35)(H,36,37)(H,38,39)(H,40,41)(H2,30,31,42);/q+1;;;/t;20?,22-,23-;18?,20-,21-;/m.00./s1. The van der Waals surface area contributed by atoms with Crippen molar-refractivity contribution in [2.24, 2.45) is 17.6 Å². The summed E-state index contributed by atoms with van der Waals surface area (Å²) in [6, 6.07) is 20.6. The molecule has 6 atom stereocenters. The summed E-state index contributed by atoms with van der Waals surface area (Å²) < 4.78 is 34.7. The lowest BCUT2D eigenvalue weighted by Gasteiger charge is -2.27. The number of carboxylic acid groups (broad SMARTS) is 8. The van der Waals surface area contributed by atoms with Crippen LogP contribution in [0.15, 0.2) is 126 Å². The minimum Gasteiger partial charge on any atom is -0.481 e. The Labute approximate surface area is 816 Å². The van der Waals surface area contributed by atoms with E-state index in [4.69, 9.17) is 43.5 Å². The SMILES string of the molecule is CC(=O)NCCCCC(CC(=O)CCCCCCC(=O)NCCCC[C@H](NC(=O)N[C@@H](CCC(=O)O)C(=O)O)C(=O)O)C(=O)O.CCCCC[N+]1=C(C=CC2=C(Oc3ccccc3)C(=CC=C3N(CCCC)c4ccccc4C3(C)C)CCC2)C(C)(C)c2ccccc21.NCCCCC(CC(=O)CCCCCCC(=O)NCCCC[C@H](NC(=O)N[C@@H](CCC(=O)O)C(=O)O)C(=O)O)C(=O)O.O=S(=O)=O. The van der Waals surface area contributed by atoms with Crippen LogP contribution in [0.5, 0.6) is 5.75 Å². The van der Waals surface area contributed by atoms with Crippen molar-refractivity contribution in [3.05, 3.63) is 137 Å². The lowest BCUT2D eigenvalue weighted by atomic mass is 9.81. The van der Waals surface area contributed by atoms with Crippen LogP contribution in [0.3, 0.4) is 0 Å². The van der Waals surface area contributed by atoms with Gasteiger partial charge in [-0.1, -0.05) is 140 Å². The van der Waals surface area contributed by atoms with E-state index in [2.05, 4.69) is 191 Å². The van der Waals surface area contributed by atoms with Gasteiger partial charge in [-0.25, -0.2) is 28.8 Å². The predicted octanol–water partition coefficient (Wildman–Crippen LogP) is 13.9. The third-order valence-corrected chi connectivity index (χ3v) is 24.1. The number of amides is 7. The van der Waals surface area contributed by atoms with E-state index in [1.807, 2.05) is 0 Å². The number of nitrogens with one attached hydrogen (secondary N) is 7. The fourth-order valence-corrected chi connectivity index (χ4v) is 16.4. The van der Waals surface area contributed by atoms with Crippen LogP contribution in [-0.4, -0.2) is 216 Å². The highest BCUT2D eigenvalue weighted by molar-refractivity contribution is 7.59. The second kappa shape index (κ2) is 66.9. The smallest absolute Gasteiger partial charge is 0.425 e. The minimum absolute atomic E-state index is 0.0197. The van der Waals surface area contributed by atoms with Crippen LogP contribution in [-0.2, 0) is 83.8 Å². The highest BCUT2D eigenvalue weighted by Gasteiger charge is 2.45. The molecular formula is C101H149N10O27S+. The van der Waals surface area contributed by atoms with Gasteiger partial charge in [0.15, 0.2) is 5.71 Å². The van der Waals surface area contributed by atoms with Crippen molar-refractivity contribution < 1.29 is 135 Å². The molecule has 3 aliphatic rings. The average molecular weight is 1970 g/mol. The van der Waals surface area contributed by atoms with Crippen molar-refractivity contribution >= 4 is 117 Å². The molecule has 37 nitrogen and oxygen atoms in total. The van der Waals surface area contributed by atoms with Gasteiger partial charge in [0.25, 0.3) is 0 Å². The molecule has 3 aromatic rings. The van der Waals surface area contributed by atoms with E-state index in [1.165, 1.54) is 84.1 Å². The molecule has 0 saturated carbocycles. The summed E-state index contributed by atoms with van der Waals surface area (Å²) in [5, 5.41) is 89.4. The Hall–Kier alpha value is -12.5. The molecule has 17 N–H and O–H groups in total. The van der Waals surface area contributed by atoms with Crippen molar-refractivity contribution in [3.8, 4) is 5.75 Å². The number of para-hydroxylation sites is 3. The molecule has 7 amide bonds. The monoisotopic (exact) mass is 1970 g/mol. The Morgan fingerprint density at radius 1 is 0.453 bits per heavy atom. The summed E-state index contributed by atoms with van der Waals surface area (Å²) in [5.74, 6) is -10.2. The number of carboxylic acids is 8. The van der Waals surface area contributed by atoms with Gasteiger partial charge < -0.3 is 93.4 Å². The van der Waals surface area contributed by atoms with Gasteiger partial charge in [0.05, 0.1) is 17.3 Å². The van der Waals surface area contributed by atoms with Crippen molar-refractivity contribution in [1.29, 1.82) is 0 Å². The van der Waals surface area contributed by atoms with Crippen molar-refractivity contribution in [1.82, 2.24) is 37.2 Å². The van der Waals surface area contributed by atoms with E-state index in [9.17, 15) is 92.3 Å². The van der Waals surface area contributed by atoms with Gasteiger partial charge in [0.2, 0.25) is 23.4 Å². The number of nitrogens with two attached hydrogens (primary N) is 1. The van der Waals surface area contributed by atoms with Gasteiger partial charge in [-0.2, -0.15) is 4.58 Å². The molecule has 2 aliphatic heterocycles. The molecule has 0 radical (unpaired) electrons. The van der Waals surface area contributed by atoms with E-state index in [0.717, 1.165) is 76.0 Å². The number of carbonyl (C=O) groups is 15. The minimum atomic E-state index is -3.11. The molecule has 3 aromatic carbocycles.